The first kappa shape index (κ1) is 69.4. The largest absolute Gasteiger partial charge is 0.508 e. The number of aldehydes is 1. The van der Waals surface area contributed by atoms with Gasteiger partial charge in [0.2, 0.25) is 23.6 Å². The summed E-state index contributed by atoms with van der Waals surface area (Å²) in [6.07, 6.45) is 16.3. The van der Waals surface area contributed by atoms with Crippen molar-refractivity contribution in [2.75, 3.05) is 65.9 Å². The Balaban J connectivity index is 0. The number of carbonyl (C=O) groups is 9. The SMILES string of the molecule is NS.O=C(O)SC(=O)NS.O=CC(Cc1ccc(O)cc1)NC(=O)COCCOCCNC(=O)COCCOCCNC(=O)CC[C@H](NC(=O)CCCCCCCCCCCCCCCCC(=O)O)C(=O)O. The first-order valence-corrected chi connectivity index (χ1v) is 25.7. The molecule has 0 aliphatic rings. The smallest absolute Gasteiger partial charge is 0.374 e. The highest BCUT2D eigenvalue weighted by Gasteiger charge is 2.21. The summed E-state index contributed by atoms with van der Waals surface area (Å²) in [7, 11) is 0. The van der Waals surface area contributed by atoms with E-state index >= 15 is 0 Å². The van der Waals surface area contributed by atoms with Crippen LogP contribution in [0.1, 0.15) is 121 Å². The van der Waals surface area contributed by atoms with E-state index in [9.17, 15) is 53.4 Å². The van der Waals surface area contributed by atoms with Crippen molar-refractivity contribution in [3.63, 3.8) is 0 Å². The van der Waals surface area contributed by atoms with Crippen LogP contribution in [0.2, 0.25) is 0 Å². The van der Waals surface area contributed by atoms with E-state index in [2.05, 4.69) is 52.0 Å². The minimum atomic E-state index is -1.24. The maximum absolute atomic E-state index is 12.3. The number of nitrogens with one attached hydrogen (secondary N) is 5. The van der Waals surface area contributed by atoms with Crippen molar-refractivity contribution in [2.24, 2.45) is 5.14 Å². The number of nitrogens with two attached hydrogens (primary N) is 1. The van der Waals surface area contributed by atoms with Gasteiger partial charge in [-0.1, -0.05) is 102 Å². The molecule has 1 rings (SSSR count). The summed E-state index contributed by atoms with van der Waals surface area (Å²) < 4.78 is 23.1. The molecule has 0 spiro atoms. The number of carboxylic acid groups (broad SMARTS) is 3. The van der Waals surface area contributed by atoms with Crippen LogP contribution in [0.5, 0.6) is 5.75 Å². The predicted molar refractivity (Wildman–Crippen MR) is 276 cm³/mol. The van der Waals surface area contributed by atoms with Crippen LogP contribution in [-0.4, -0.2) is 151 Å². The molecule has 0 saturated heterocycles. The molecule has 0 radical (unpaired) electrons. The van der Waals surface area contributed by atoms with Gasteiger partial charge in [0, 0.05) is 32.4 Å². The van der Waals surface area contributed by atoms with Gasteiger partial charge in [-0.2, -0.15) is 0 Å². The van der Waals surface area contributed by atoms with Crippen molar-refractivity contribution in [2.45, 2.75) is 134 Å². The average Bonchev–Trinajstić information content (AvgIpc) is 3.35. The van der Waals surface area contributed by atoms with Crippen LogP contribution in [-0.2, 0) is 58.9 Å². The van der Waals surface area contributed by atoms with E-state index in [4.69, 9.17) is 29.2 Å². The Morgan fingerprint density at radius 2 is 1.04 bits per heavy atom. The molecule has 2 atom stereocenters. The quantitative estimate of drug-likeness (QED) is 0.0246. The number of phenolic OH excluding ortho intramolecular Hbond substituents is 1. The lowest BCUT2D eigenvalue weighted by Gasteiger charge is -2.14. The Labute approximate surface area is 437 Å². The normalized spacial score (nSPS) is 11.3. The second kappa shape index (κ2) is 49.9. The molecule has 0 bridgehead atoms. The summed E-state index contributed by atoms with van der Waals surface area (Å²) in [5.74, 6) is -3.29. The van der Waals surface area contributed by atoms with Crippen LogP contribution in [0.15, 0.2) is 24.3 Å². The fourth-order valence-electron chi connectivity index (χ4n) is 6.29. The maximum atomic E-state index is 12.3. The fourth-order valence-corrected chi connectivity index (χ4v) is 6.63. The molecule has 0 aromatic heterocycles. The van der Waals surface area contributed by atoms with E-state index in [-0.39, 0.29) is 133 Å². The van der Waals surface area contributed by atoms with E-state index in [1.54, 1.807) is 12.1 Å². The molecule has 1 aromatic rings. The van der Waals surface area contributed by atoms with Crippen LogP contribution in [0.4, 0.5) is 9.59 Å². The molecule has 0 aliphatic heterocycles. The zero-order valence-corrected chi connectivity index (χ0v) is 43.6. The first-order valence-electron chi connectivity index (χ1n) is 23.9. The summed E-state index contributed by atoms with van der Waals surface area (Å²) in [6.45, 7) is 1.07. The molecule has 72 heavy (non-hydrogen) atoms. The maximum Gasteiger partial charge on any atom is 0.374 e. The number of carboxylic acids is 2. The molecule has 23 nitrogen and oxygen atoms in total. The Bertz CT molecular complexity index is 1650. The van der Waals surface area contributed by atoms with Crippen LogP contribution in [0.25, 0.3) is 0 Å². The predicted octanol–water partition coefficient (Wildman–Crippen LogP) is 4.33. The molecule has 0 fully saturated rings. The Hall–Kier alpha value is -4.70. The van der Waals surface area contributed by atoms with Gasteiger partial charge in [-0.15, -0.1) is 12.8 Å². The molecular formula is C46H78N6O17S3. The number of aromatic hydroxyl groups is 1. The summed E-state index contributed by atoms with van der Waals surface area (Å²) >= 11 is 6.48. The van der Waals surface area contributed by atoms with Crippen molar-refractivity contribution >= 4 is 89.8 Å². The molecule has 5 amide bonds. The molecule has 412 valence electrons. The Morgan fingerprint density at radius 1 is 0.583 bits per heavy atom. The van der Waals surface area contributed by atoms with Crippen LogP contribution >= 0.6 is 37.4 Å². The van der Waals surface area contributed by atoms with Gasteiger partial charge in [0.05, 0.1) is 57.4 Å². The van der Waals surface area contributed by atoms with Gasteiger partial charge < -0.3 is 65.4 Å². The third kappa shape index (κ3) is 47.6. The molecule has 1 unspecified atom stereocenters. The van der Waals surface area contributed by atoms with Gasteiger partial charge in [-0.05, 0) is 43.4 Å². The summed E-state index contributed by atoms with van der Waals surface area (Å²) in [5, 5.41) is 48.0. The first-order chi connectivity index (χ1) is 34.7. The van der Waals surface area contributed by atoms with Crippen LogP contribution < -0.4 is 31.1 Å². The van der Waals surface area contributed by atoms with E-state index in [1.165, 1.54) is 50.7 Å². The molecule has 11 N–H and O–H groups in total. The van der Waals surface area contributed by atoms with Crippen molar-refractivity contribution in [1.29, 1.82) is 0 Å². The van der Waals surface area contributed by atoms with Crippen molar-refractivity contribution < 1.29 is 82.5 Å². The van der Waals surface area contributed by atoms with Gasteiger partial charge in [-0.25, -0.2) is 9.59 Å². The number of thiol groups is 2. The number of thioether (sulfide) groups is 1. The van der Waals surface area contributed by atoms with Gasteiger partial charge in [-0.3, -0.25) is 38.6 Å². The third-order valence-electron chi connectivity index (χ3n) is 9.86. The Morgan fingerprint density at radius 3 is 1.49 bits per heavy atom. The summed E-state index contributed by atoms with van der Waals surface area (Å²) in [5.41, 5.74) is 0.783. The minimum Gasteiger partial charge on any atom is -0.508 e. The summed E-state index contributed by atoms with van der Waals surface area (Å²) in [6, 6.07) is 4.46. The molecule has 26 heteroatoms. The highest BCUT2D eigenvalue weighted by Crippen LogP contribution is 2.14. The van der Waals surface area contributed by atoms with Gasteiger partial charge in [0.25, 0.3) is 5.24 Å². The van der Waals surface area contributed by atoms with E-state index in [0.717, 1.165) is 50.5 Å². The Kier molecular flexibility index (Phi) is 48.0. The zero-order chi connectivity index (χ0) is 54.0. The minimum absolute atomic E-state index is 0.0348. The highest BCUT2D eigenvalue weighted by atomic mass is 32.2. The highest BCUT2D eigenvalue weighted by molar-refractivity contribution is 8.26. The molecular weight excluding hydrogens is 1000 g/mol. The number of rotatable bonds is 42. The van der Waals surface area contributed by atoms with Gasteiger partial charge in [0.1, 0.15) is 31.3 Å². The van der Waals surface area contributed by atoms with Crippen LogP contribution in [0, 0.1) is 0 Å². The van der Waals surface area contributed by atoms with E-state index in [1.807, 2.05) is 4.72 Å². The molecule has 0 saturated carbocycles. The number of phenols is 1. The van der Waals surface area contributed by atoms with Gasteiger partial charge >= 0.3 is 17.2 Å². The number of aliphatic carboxylic acids is 2. The molecule has 1 aromatic carbocycles. The third-order valence-corrected chi connectivity index (χ3v) is 10.7. The van der Waals surface area contributed by atoms with Crippen LogP contribution in [0.3, 0.4) is 0 Å². The van der Waals surface area contributed by atoms with E-state index < -0.39 is 40.5 Å². The monoisotopic (exact) mass is 1080 g/mol. The molecule has 0 heterocycles. The second-order valence-electron chi connectivity index (χ2n) is 15.8. The number of unbranched alkanes of at least 4 members (excludes halogenated alkanes) is 13. The standard InChI is InChI=1S/C44H72N4O14.C2H3NO3S2.H3NS/c49-32-36(31-35-17-19-37(50)20-18-35)47-42(54)34-62-30-28-60-26-24-46-41(53)33-61-29-27-59-25-23-45-39(51)22-21-38(44(57)58)48-40(52)15-13-11-9-7-5-3-1-2-4-6-8-10-12-14-16-43(55)56;4-1(3-7)8-2(5)6;1-2/h17-20,32,36,38,50H,1-16,21-31,33-34H2,(H,45,51)(H,46,53)(H,47,54)(H,48,52)(H,55,56)(H,57,58);7H,(H,3,4)(H,5,6);2H,1H2/t36?,38-;;/m0../s1. The number of ether oxygens (including phenoxy) is 4. The second-order valence-corrected chi connectivity index (χ2v) is 17.0. The van der Waals surface area contributed by atoms with Crippen molar-refractivity contribution in [3.05, 3.63) is 29.8 Å². The number of carbonyl (C=O) groups excluding carboxylic acids is 6. The van der Waals surface area contributed by atoms with Gasteiger partial charge in [0.15, 0.2) is 0 Å². The fraction of sp³-hybridized carbons (Fsp3) is 0.674. The lowest BCUT2D eigenvalue weighted by molar-refractivity contribution is -0.142. The van der Waals surface area contributed by atoms with Crippen molar-refractivity contribution in [3.8, 4) is 5.75 Å². The number of hydrogen-bond donors (Lipinski definition) is 12. The van der Waals surface area contributed by atoms with E-state index in [0.29, 0.717) is 12.7 Å². The summed E-state index contributed by atoms with van der Waals surface area (Å²) in [4.78, 5) is 102. The number of amides is 5. The molecule has 0 aliphatic carbocycles. The average molecular weight is 1080 g/mol. The van der Waals surface area contributed by atoms with Crippen molar-refractivity contribution in [1.82, 2.24) is 26.0 Å². The number of hydrogen-bond acceptors (Lipinski definition) is 18. The topological polar surface area (TPSA) is 358 Å². The lowest BCUT2D eigenvalue weighted by Crippen LogP contribution is -2.41. The lowest BCUT2D eigenvalue weighted by atomic mass is 10.0. The zero-order valence-electron chi connectivity index (χ0n) is 41.0. The number of benzene rings is 1.